The number of carbonyl (C=O) groups is 2. The highest BCUT2D eigenvalue weighted by molar-refractivity contribution is 8.00. The molecule has 164 valence electrons. The Bertz CT molecular complexity index is 1100. The fourth-order valence-electron chi connectivity index (χ4n) is 3.68. The lowest BCUT2D eigenvalue weighted by Gasteiger charge is -2.37. The normalized spacial score (nSPS) is 15.0. The van der Waals surface area contributed by atoms with Gasteiger partial charge in [0.25, 0.3) is 5.91 Å². The first kappa shape index (κ1) is 21.9. The number of piperazine rings is 1. The minimum absolute atomic E-state index is 0.107. The van der Waals surface area contributed by atoms with Crippen LogP contribution in [0.4, 0.5) is 0 Å². The van der Waals surface area contributed by atoms with Gasteiger partial charge in [-0.05, 0) is 13.0 Å². The van der Waals surface area contributed by atoms with Crippen molar-refractivity contribution in [1.29, 1.82) is 0 Å². The number of nitrogens with zero attached hydrogens (tertiary/aromatic N) is 3. The number of aromatic nitrogens is 1. The monoisotopic (exact) mass is 457 g/mol. The number of para-hydroxylation sites is 1. The molecule has 6 nitrogen and oxygen atoms in total. The second-order valence-corrected chi connectivity index (χ2v) is 10.9. The minimum atomic E-state index is -0.413. The zero-order chi connectivity index (χ0) is 22.2. The number of fused-ring (bicyclic) bond motifs is 1. The zero-order valence-electron chi connectivity index (χ0n) is 18.3. The number of aryl methyl sites for hydroxylation is 1. The van der Waals surface area contributed by atoms with Crippen molar-refractivity contribution in [2.75, 3.05) is 26.2 Å². The zero-order valence-corrected chi connectivity index (χ0v) is 19.9. The van der Waals surface area contributed by atoms with Gasteiger partial charge in [-0.3, -0.25) is 9.59 Å². The van der Waals surface area contributed by atoms with Gasteiger partial charge in [-0.25, -0.2) is 4.98 Å². The predicted molar refractivity (Wildman–Crippen MR) is 125 cm³/mol. The van der Waals surface area contributed by atoms with Crippen LogP contribution in [0.15, 0.2) is 38.4 Å². The molecule has 4 rings (SSSR count). The third-order valence-corrected chi connectivity index (χ3v) is 7.49. The average Bonchev–Trinajstić information content (AvgIpc) is 3.33. The number of rotatable bonds is 4. The highest BCUT2D eigenvalue weighted by Crippen LogP contribution is 2.34. The molecule has 2 amide bonds. The summed E-state index contributed by atoms with van der Waals surface area (Å²) in [7, 11) is 0. The van der Waals surface area contributed by atoms with E-state index in [0.717, 1.165) is 26.6 Å². The molecule has 0 spiro atoms. The Balaban J connectivity index is 1.53. The molecule has 3 aromatic rings. The predicted octanol–water partition coefficient (Wildman–Crippen LogP) is 4.82. The number of furan rings is 1. The van der Waals surface area contributed by atoms with Crippen LogP contribution < -0.4 is 0 Å². The SMILES string of the molecule is Cc1csc(SCc2c(C(=O)N3CCN(C(=O)C(C)(C)C)CC3)oc3ccccc23)n1. The lowest BCUT2D eigenvalue weighted by Crippen LogP contribution is -2.53. The molecular formula is C23H27N3O3S2. The highest BCUT2D eigenvalue weighted by atomic mass is 32.2. The van der Waals surface area contributed by atoms with Gasteiger partial charge in [0.05, 0.1) is 0 Å². The quantitative estimate of drug-likeness (QED) is 0.526. The van der Waals surface area contributed by atoms with Crippen molar-refractivity contribution in [3.63, 3.8) is 0 Å². The Kier molecular flexibility index (Phi) is 6.12. The maximum atomic E-state index is 13.4. The van der Waals surface area contributed by atoms with E-state index in [0.29, 0.717) is 37.7 Å². The lowest BCUT2D eigenvalue weighted by molar-refractivity contribution is -0.140. The van der Waals surface area contributed by atoms with Crippen LogP contribution in [0.5, 0.6) is 0 Å². The summed E-state index contributed by atoms with van der Waals surface area (Å²) < 4.78 is 7.02. The molecule has 2 aromatic heterocycles. The van der Waals surface area contributed by atoms with E-state index in [1.165, 1.54) is 0 Å². The molecule has 1 aromatic carbocycles. The number of hydrogen-bond acceptors (Lipinski definition) is 6. The van der Waals surface area contributed by atoms with Gasteiger partial charge in [-0.2, -0.15) is 0 Å². The summed E-state index contributed by atoms with van der Waals surface area (Å²) in [5.41, 5.74) is 2.22. The Morgan fingerprint density at radius 2 is 1.81 bits per heavy atom. The van der Waals surface area contributed by atoms with Gasteiger partial charge in [0.2, 0.25) is 5.91 Å². The van der Waals surface area contributed by atoms with Crippen LogP contribution in [-0.2, 0) is 10.5 Å². The summed E-state index contributed by atoms with van der Waals surface area (Å²) >= 11 is 3.24. The van der Waals surface area contributed by atoms with Gasteiger partial charge in [-0.15, -0.1) is 11.3 Å². The van der Waals surface area contributed by atoms with Crippen LogP contribution in [-0.4, -0.2) is 52.8 Å². The first-order valence-electron chi connectivity index (χ1n) is 10.4. The second kappa shape index (κ2) is 8.67. The van der Waals surface area contributed by atoms with Gasteiger partial charge in [0.1, 0.15) is 9.92 Å². The molecular weight excluding hydrogens is 430 g/mol. The van der Waals surface area contributed by atoms with Crippen molar-refractivity contribution >= 4 is 45.9 Å². The van der Waals surface area contributed by atoms with Crippen LogP contribution >= 0.6 is 23.1 Å². The molecule has 1 saturated heterocycles. The van der Waals surface area contributed by atoms with E-state index in [1.54, 1.807) is 28.0 Å². The molecule has 1 fully saturated rings. The molecule has 1 aliphatic rings. The highest BCUT2D eigenvalue weighted by Gasteiger charge is 2.33. The summed E-state index contributed by atoms with van der Waals surface area (Å²) in [5.74, 6) is 1.04. The molecule has 0 radical (unpaired) electrons. The van der Waals surface area contributed by atoms with Crippen LogP contribution in [0.25, 0.3) is 11.0 Å². The molecule has 0 aliphatic carbocycles. The van der Waals surface area contributed by atoms with Crippen molar-refractivity contribution in [3.8, 4) is 0 Å². The molecule has 0 unspecified atom stereocenters. The molecule has 0 N–H and O–H groups in total. The van der Waals surface area contributed by atoms with Gasteiger partial charge in [0.15, 0.2) is 5.76 Å². The fourth-order valence-corrected chi connectivity index (χ4v) is 5.56. The number of benzene rings is 1. The van der Waals surface area contributed by atoms with E-state index < -0.39 is 5.41 Å². The molecule has 3 heterocycles. The Hall–Kier alpha value is -2.32. The summed E-state index contributed by atoms with van der Waals surface area (Å²) in [4.78, 5) is 34.1. The molecule has 8 heteroatoms. The fraction of sp³-hybridized carbons (Fsp3) is 0.435. The minimum Gasteiger partial charge on any atom is -0.451 e. The van der Waals surface area contributed by atoms with Crippen molar-refractivity contribution in [2.45, 2.75) is 37.8 Å². The van der Waals surface area contributed by atoms with E-state index in [2.05, 4.69) is 4.98 Å². The van der Waals surface area contributed by atoms with Crippen LogP contribution in [0.3, 0.4) is 0 Å². The third-order valence-electron chi connectivity index (χ3n) is 5.33. The number of carbonyl (C=O) groups excluding carboxylic acids is 2. The summed E-state index contributed by atoms with van der Waals surface area (Å²) in [6, 6.07) is 7.77. The third kappa shape index (κ3) is 4.65. The molecule has 0 atom stereocenters. The molecule has 1 aliphatic heterocycles. The Labute approximate surface area is 190 Å². The van der Waals surface area contributed by atoms with Crippen molar-refractivity contribution < 1.29 is 14.0 Å². The molecule has 0 saturated carbocycles. The number of amides is 2. The Morgan fingerprint density at radius 1 is 1.13 bits per heavy atom. The van der Waals surface area contributed by atoms with E-state index in [1.807, 2.05) is 62.2 Å². The summed E-state index contributed by atoms with van der Waals surface area (Å²) in [6.45, 7) is 9.87. The smallest absolute Gasteiger partial charge is 0.290 e. The van der Waals surface area contributed by atoms with Crippen LogP contribution in [0, 0.1) is 12.3 Å². The first-order chi connectivity index (χ1) is 14.7. The van der Waals surface area contributed by atoms with Crippen LogP contribution in [0.2, 0.25) is 0 Å². The van der Waals surface area contributed by atoms with E-state index in [-0.39, 0.29) is 11.8 Å². The lowest BCUT2D eigenvalue weighted by atomic mass is 9.94. The second-order valence-electron chi connectivity index (χ2n) is 8.78. The Morgan fingerprint density at radius 3 is 2.45 bits per heavy atom. The van der Waals surface area contributed by atoms with E-state index >= 15 is 0 Å². The van der Waals surface area contributed by atoms with Crippen molar-refractivity contribution in [2.24, 2.45) is 5.41 Å². The number of thiazole rings is 1. The van der Waals surface area contributed by atoms with Crippen molar-refractivity contribution in [3.05, 3.63) is 46.7 Å². The standard InChI is InChI=1S/C23H27N3O3S2/c1-15-13-30-22(24-15)31-14-17-16-7-5-6-8-18(16)29-19(17)20(27)25-9-11-26(12-10-25)21(28)23(2,3)4/h5-8,13H,9-12,14H2,1-4H3. The summed E-state index contributed by atoms with van der Waals surface area (Å²) in [5, 5.41) is 2.99. The maximum absolute atomic E-state index is 13.4. The average molecular weight is 458 g/mol. The molecule has 0 bridgehead atoms. The number of hydrogen-bond donors (Lipinski definition) is 0. The van der Waals surface area contributed by atoms with Gasteiger partial charge in [-0.1, -0.05) is 50.7 Å². The maximum Gasteiger partial charge on any atom is 0.290 e. The van der Waals surface area contributed by atoms with Crippen LogP contribution in [0.1, 0.15) is 42.6 Å². The number of thioether (sulfide) groups is 1. The van der Waals surface area contributed by atoms with Crippen molar-refractivity contribution in [1.82, 2.24) is 14.8 Å². The first-order valence-corrected chi connectivity index (χ1v) is 12.2. The van der Waals surface area contributed by atoms with E-state index in [4.69, 9.17) is 4.42 Å². The largest absolute Gasteiger partial charge is 0.451 e. The van der Waals surface area contributed by atoms with Gasteiger partial charge in [0, 0.05) is 59.4 Å². The van der Waals surface area contributed by atoms with Gasteiger partial charge >= 0.3 is 0 Å². The summed E-state index contributed by atoms with van der Waals surface area (Å²) in [6.07, 6.45) is 0. The topological polar surface area (TPSA) is 66.7 Å². The van der Waals surface area contributed by atoms with Gasteiger partial charge < -0.3 is 14.2 Å². The molecule has 31 heavy (non-hydrogen) atoms. The van der Waals surface area contributed by atoms with E-state index in [9.17, 15) is 9.59 Å².